The zero-order chi connectivity index (χ0) is 14.9. The molecule has 3 nitrogen and oxygen atoms in total. The summed E-state index contributed by atoms with van der Waals surface area (Å²) >= 11 is 1.87. The van der Waals surface area contributed by atoms with Gasteiger partial charge in [-0.05, 0) is 46.0 Å². The van der Waals surface area contributed by atoms with Crippen LogP contribution in [-0.2, 0) is 6.54 Å². The lowest BCUT2D eigenvalue weighted by atomic mass is 9.92. The minimum absolute atomic E-state index is 0.151. The molecule has 114 valence electrons. The second-order valence-electron chi connectivity index (χ2n) is 7.26. The molecule has 1 saturated carbocycles. The summed E-state index contributed by atoms with van der Waals surface area (Å²) in [5.74, 6) is 0.492. The van der Waals surface area contributed by atoms with E-state index in [-0.39, 0.29) is 5.54 Å². The van der Waals surface area contributed by atoms with E-state index in [9.17, 15) is 0 Å². The third-order valence-corrected chi connectivity index (χ3v) is 5.13. The number of hydrogen-bond acceptors (Lipinski definition) is 4. The number of anilines is 1. The van der Waals surface area contributed by atoms with E-state index in [0.717, 1.165) is 6.54 Å². The van der Waals surface area contributed by atoms with Gasteiger partial charge in [-0.3, -0.25) is 0 Å². The second-order valence-corrected chi connectivity index (χ2v) is 8.32. The zero-order valence-electron chi connectivity index (χ0n) is 13.8. The van der Waals surface area contributed by atoms with Gasteiger partial charge in [0, 0.05) is 30.1 Å². The minimum atomic E-state index is 0.151. The van der Waals surface area contributed by atoms with Crippen LogP contribution in [0.5, 0.6) is 0 Å². The highest BCUT2D eigenvalue weighted by molar-refractivity contribution is 7.15. The topological polar surface area (TPSA) is 28.2 Å². The summed E-state index contributed by atoms with van der Waals surface area (Å²) in [6, 6.07) is 0.713. The van der Waals surface area contributed by atoms with Crippen molar-refractivity contribution >= 4 is 16.5 Å². The lowest BCUT2D eigenvalue weighted by Crippen LogP contribution is -2.37. The number of thiazole rings is 1. The Labute approximate surface area is 127 Å². The molecule has 0 saturated heterocycles. The first kappa shape index (κ1) is 15.8. The Kier molecular flexibility index (Phi) is 4.75. The summed E-state index contributed by atoms with van der Waals surface area (Å²) in [6.07, 6.45) is 4.02. The van der Waals surface area contributed by atoms with Gasteiger partial charge < -0.3 is 10.2 Å². The molecule has 1 heterocycles. The third kappa shape index (κ3) is 3.73. The molecule has 0 spiro atoms. The summed E-state index contributed by atoms with van der Waals surface area (Å²) in [5.41, 5.74) is 1.42. The molecule has 0 amide bonds. The van der Waals surface area contributed by atoms with Crippen molar-refractivity contribution in [1.82, 2.24) is 10.3 Å². The van der Waals surface area contributed by atoms with Gasteiger partial charge in [-0.2, -0.15) is 0 Å². The summed E-state index contributed by atoms with van der Waals surface area (Å²) in [7, 11) is 2.20. The molecule has 0 unspecified atom stereocenters. The van der Waals surface area contributed by atoms with Crippen LogP contribution in [0.3, 0.4) is 0 Å². The van der Waals surface area contributed by atoms with Crippen molar-refractivity contribution in [1.29, 1.82) is 0 Å². The van der Waals surface area contributed by atoms with Crippen molar-refractivity contribution in [3.8, 4) is 0 Å². The van der Waals surface area contributed by atoms with Crippen LogP contribution in [0.25, 0.3) is 0 Å². The maximum atomic E-state index is 4.92. The molecule has 1 aromatic heterocycles. The van der Waals surface area contributed by atoms with E-state index in [4.69, 9.17) is 4.98 Å². The first-order chi connectivity index (χ1) is 9.28. The Balaban J connectivity index is 2.14. The Hall–Kier alpha value is -0.610. The molecular formula is C16H29N3S. The first-order valence-electron chi connectivity index (χ1n) is 7.75. The first-order valence-corrected chi connectivity index (χ1v) is 8.57. The van der Waals surface area contributed by atoms with Crippen molar-refractivity contribution in [3.05, 3.63) is 10.6 Å². The fourth-order valence-corrected chi connectivity index (χ4v) is 3.54. The summed E-state index contributed by atoms with van der Waals surface area (Å²) in [6.45, 7) is 12.0. The molecule has 1 aliphatic rings. The van der Waals surface area contributed by atoms with E-state index in [1.54, 1.807) is 0 Å². The Bertz CT molecular complexity index is 441. The predicted molar refractivity (Wildman–Crippen MR) is 88.8 cm³/mol. The molecule has 4 heteroatoms. The van der Waals surface area contributed by atoms with Crippen molar-refractivity contribution in [2.75, 3.05) is 11.9 Å². The average Bonchev–Trinajstić information content (AvgIpc) is 2.66. The van der Waals surface area contributed by atoms with Crippen LogP contribution < -0.4 is 10.2 Å². The SMILES string of the molecule is CC(C)c1nc(N(C)C2CCC2)sc1CNC(C)(C)C. The van der Waals surface area contributed by atoms with Crippen LogP contribution >= 0.6 is 11.3 Å². The molecule has 0 atom stereocenters. The molecule has 1 N–H and O–H groups in total. The molecule has 0 aliphatic heterocycles. The average molecular weight is 295 g/mol. The number of aromatic nitrogens is 1. The maximum absolute atomic E-state index is 4.92. The van der Waals surface area contributed by atoms with Gasteiger partial charge in [0.05, 0.1) is 5.69 Å². The number of nitrogens with zero attached hydrogens (tertiary/aromatic N) is 2. The zero-order valence-corrected chi connectivity index (χ0v) is 14.6. The fraction of sp³-hybridized carbons (Fsp3) is 0.812. The maximum Gasteiger partial charge on any atom is 0.185 e. The highest BCUT2D eigenvalue weighted by atomic mass is 32.1. The van der Waals surface area contributed by atoms with Crippen LogP contribution in [0, 0.1) is 0 Å². The molecule has 0 aromatic carbocycles. The van der Waals surface area contributed by atoms with Crippen molar-refractivity contribution < 1.29 is 0 Å². The van der Waals surface area contributed by atoms with E-state index < -0.39 is 0 Å². The van der Waals surface area contributed by atoms with Crippen molar-refractivity contribution in [2.45, 2.75) is 77.9 Å². The van der Waals surface area contributed by atoms with E-state index in [1.807, 2.05) is 11.3 Å². The number of hydrogen-bond donors (Lipinski definition) is 1. The van der Waals surface area contributed by atoms with Crippen LogP contribution in [-0.4, -0.2) is 23.6 Å². The quantitative estimate of drug-likeness (QED) is 0.884. The van der Waals surface area contributed by atoms with E-state index in [0.29, 0.717) is 12.0 Å². The Morgan fingerprint density at radius 2 is 2.00 bits per heavy atom. The van der Waals surface area contributed by atoms with Crippen molar-refractivity contribution in [2.24, 2.45) is 0 Å². The van der Waals surface area contributed by atoms with Gasteiger partial charge in [0.2, 0.25) is 0 Å². The van der Waals surface area contributed by atoms with Crippen LogP contribution in [0.15, 0.2) is 0 Å². The predicted octanol–water partition coefficient (Wildman–Crippen LogP) is 4.14. The standard InChI is InChI=1S/C16H29N3S/c1-11(2)14-13(10-17-16(3,4)5)20-15(18-14)19(6)12-8-7-9-12/h11-12,17H,7-10H2,1-6H3. The lowest BCUT2D eigenvalue weighted by Gasteiger charge is -2.34. The Morgan fingerprint density at radius 1 is 1.35 bits per heavy atom. The number of nitrogens with one attached hydrogen (secondary N) is 1. The van der Waals surface area contributed by atoms with E-state index in [1.165, 1.54) is 35.0 Å². The highest BCUT2D eigenvalue weighted by Gasteiger charge is 2.26. The Morgan fingerprint density at radius 3 is 2.45 bits per heavy atom. The largest absolute Gasteiger partial charge is 0.348 e. The number of rotatable bonds is 5. The van der Waals surface area contributed by atoms with Gasteiger partial charge >= 0.3 is 0 Å². The smallest absolute Gasteiger partial charge is 0.185 e. The minimum Gasteiger partial charge on any atom is -0.348 e. The molecule has 2 rings (SSSR count). The summed E-state index contributed by atoms with van der Waals surface area (Å²) < 4.78 is 0. The fourth-order valence-electron chi connectivity index (χ4n) is 2.35. The van der Waals surface area contributed by atoms with Gasteiger partial charge in [0.15, 0.2) is 5.13 Å². The van der Waals surface area contributed by atoms with Gasteiger partial charge in [-0.25, -0.2) is 4.98 Å². The molecule has 0 bridgehead atoms. The van der Waals surface area contributed by atoms with Crippen LogP contribution in [0.4, 0.5) is 5.13 Å². The molecule has 1 fully saturated rings. The van der Waals surface area contributed by atoms with E-state index >= 15 is 0 Å². The van der Waals surface area contributed by atoms with Crippen LogP contribution in [0.1, 0.15) is 70.4 Å². The normalized spacial score (nSPS) is 16.6. The molecule has 1 aliphatic carbocycles. The van der Waals surface area contributed by atoms with Gasteiger partial charge in [-0.1, -0.05) is 13.8 Å². The molecule has 0 radical (unpaired) electrons. The van der Waals surface area contributed by atoms with Gasteiger partial charge in [0.1, 0.15) is 0 Å². The molecular weight excluding hydrogens is 266 g/mol. The van der Waals surface area contributed by atoms with Gasteiger partial charge in [0.25, 0.3) is 0 Å². The monoisotopic (exact) mass is 295 g/mol. The molecule has 1 aromatic rings. The van der Waals surface area contributed by atoms with E-state index in [2.05, 4.69) is 51.9 Å². The lowest BCUT2D eigenvalue weighted by molar-refractivity contribution is 0.400. The molecule has 20 heavy (non-hydrogen) atoms. The summed E-state index contributed by atoms with van der Waals surface area (Å²) in [4.78, 5) is 8.71. The summed E-state index contributed by atoms with van der Waals surface area (Å²) in [5, 5.41) is 4.79. The van der Waals surface area contributed by atoms with Crippen molar-refractivity contribution in [3.63, 3.8) is 0 Å². The highest BCUT2D eigenvalue weighted by Crippen LogP contribution is 2.35. The third-order valence-electron chi connectivity index (χ3n) is 3.97. The van der Waals surface area contributed by atoms with Gasteiger partial charge in [-0.15, -0.1) is 11.3 Å². The van der Waals surface area contributed by atoms with Crippen LogP contribution in [0.2, 0.25) is 0 Å². The second kappa shape index (κ2) is 6.02.